The zero-order valence-corrected chi connectivity index (χ0v) is 11.9. The third-order valence-corrected chi connectivity index (χ3v) is 3.78. The quantitative estimate of drug-likeness (QED) is 0.841. The molecule has 0 aliphatic carbocycles. The largest absolute Gasteiger partial charge is 0.389 e. The van der Waals surface area contributed by atoms with Gasteiger partial charge in [0.2, 0.25) is 0 Å². The summed E-state index contributed by atoms with van der Waals surface area (Å²) in [5.74, 6) is -0.374. The molecule has 1 fully saturated rings. The van der Waals surface area contributed by atoms with Crippen molar-refractivity contribution >= 4 is 11.6 Å². The molecule has 1 unspecified atom stereocenters. The zero-order chi connectivity index (χ0) is 15.0. The molecule has 2 aromatic rings. The lowest BCUT2D eigenvalue weighted by Gasteiger charge is -2.36. The van der Waals surface area contributed by atoms with Gasteiger partial charge < -0.3 is 5.11 Å². The summed E-state index contributed by atoms with van der Waals surface area (Å²) < 4.78 is 2.24. The first-order chi connectivity index (χ1) is 9.96. The third kappa shape index (κ3) is 2.74. The molecule has 3 heterocycles. The van der Waals surface area contributed by atoms with Crippen molar-refractivity contribution in [2.24, 2.45) is 0 Å². The summed E-state index contributed by atoms with van der Waals surface area (Å²) in [6.45, 7) is 3.02. The summed E-state index contributed by atoms with van der Waals surface area (Å²) in [7, 11) is 0. The molecular weight excluding hydrogens is 272 g/mol. The Kier molecular flexibility index (Phi) is 3.38. The van der Waals surface area contributed by atoms with Crippen LogP contribution in [0.25, 0.3) is 5.65 Å². The zero-order valence-electron chi connectivity index (χ0n) is 11.9. The molecule has 0 saturated carbocycles. The van der Waals surface area contributed by atoms with Gasteiger partial charge in [0.1, 0.15) is 0 Å². The SMILES string of the molecule is CC1(O)CCCN(CC(=O)n2nc3ccccn3c2=O)C1. The van der Waals surface area contributed by atoms with Gasteiger partial charge in [0, 0.05) is 12.7 Å². The van der Waals surface area contributed by atoms with Gasteiger partial charge in [-0.05, 0) is 38.4 Å². The Hall–Kier alpha value is -1.99. The first kappa shape index (κ1) is 14.0. The van der Waals surface area contributed by atoms with Crippen molar-refractivity contribution in [2.75, 3.05) is 19.6 Å². The standard InChI is InChI=1S/C14H18N4O3/c1-14(21)6-4-7-16(10-14)9-12(19)18-13(20)17-8-3-2-5-11(17)15-18/h2-3,5,8,21H,4,6-7,9-10H2,1H3. The maximum absolute atomic E-state index is 12.3. The van der Waals surface area contributed by atoms with Crippen LogP contribution in [0.5, 0.6) is 0 Å². The number of rotatable bonds is 2. The summed E-state index contributed by atoms with van der Waals surface area (Å²) in [6, 6.07) is 5.15. The molecular formula is C14H18N4O3. The first-order valence-electron chi connectivity index (χ1n) is 7.01. The highest BCUT2D eigenvalue weighted by Crippen LogP contribution is 2.19. The van der Waals surface area contributed by atoms with Crippen LogP contribution in [-0.4, -0.2) is 55.3 Å². The number of carbonyl (C=O) groups is 1. The molecule has 0 bridgehead atoms. The van der Waals surface area contributed by atoms with Crippen molar-refractivity contribution in [3.8, 4) is 0 Å². The fourth-order valence-electron chi connectivity index (χ4n) is 2.80. The van der Waals surface area contributed by atoms with E-state index in [1.807, 2.05) is 4.90 Å². The number of piperidine rings is 1. The van der Waals surface area contributed by atoms with Crippen molar-refractivity contribution in [1.82, 2.24) is 19.1 Å². The molecule has 112 valence electrons. The Balaban J connectivity index is 1.81. The van der Waals surface area contributed by atoms with Gasteiger partial charge in [-0.2, -0.15) is 0 Å². The van der Waals surface area contributed by atoms with Gasteiger partial charge in [-0.3, -0.25) is 9.69 Å². The average Bonchev–Trinajstić information content (AvgIpc) is 2.76. The van der Waals surface area contributed by atoms with Crippen LogP contribution in [0.4, 0.5) is 0 Å². The number of nitrogens with zero attached hydrogens (tertiary/aromatic N) is 4. The number of hydrogen-bond donors (Lipinski definition) is 1. The number of likely N-dealkylation sites (tertiary alicyclic amines) is 1. The van der Waals surface area contributed by atoms with E-state index >= 15 is 0 Å². The Morgan fingerprint density at radius 2 is 2.29 bits per heavy atom. The fraction of sp³-hybridized carbons (Fsp3) is 0.500. The summed E-state index contributed by atoms with van der Waals surface area (Å²) in [5, 5.41) is 14.1. The maximum Gasteiger partial charge on any atom is 0.357 e. The van der Waals surface area contributed by atoms with Gasteiger partial charge in [-0.25, -0.2) is 9.20 Å². The molecule has 1 aliphatic rings. The number of pyridine rings is 1. The lowest BCUT2D eigenvalue weighted by Crippen LogP contribution is -2.49. The minimum absolute atomic E-state index is 0.0833. The third-order valence-electron chi connectivity index (χ3n) is 3.78. The van der Waals surface area contributed by atoms with Crippen LogP contribution >= 0.6 is 0 Å². The smallest absolute Gasteiger partial charge is 0.357 e. The van der Waals surface area contributed by atoms with E-state index in [4.69, 9.17) is 0 Å². The van der Waals surface area contributed by atoms with Crippen molar-refractivity contribution < 1.29 is 9.90 Å². The number of aliphatic hydroxyl groups is 1. The molecule has 1 saturated heterocycles. The van der Waals surface area contributed by atoms with Crippen molar-refractivity contribution in [3.63, 3.8) is 0 Å². The van der Waals surface area contributed by atoms with Crippen molar-refractivity contribution in [1.29, 1.82) is 0 Å². The molecule has 0 spiro atoms. The molecule has 1 N–H and O–H groups in total. The number of aromatic nitrogens is 3. The molecule has 2 aromatic heterocycles. The van der Waals surface area contributed by atoms with Gasteiger partial charge in [-0.1, -0.05) is 6.07 Å². The minimum Gasteiger partial charge on any atom is -0.389 e. The molecule has 7 heteroatoms. The van der Waals surface area contributed by atoms with E-state index in [0.29, 0.717) is 12.2 Å². The van der Waals surface area contributed by atoms with E-state index in [9.17, 15) is 14.7 Å². The highest BCUT2D eigenvalue weighted by molar-refractivity contribution is 5.80. The van der Waals surface area contributed by atoms with Gasteiger partial charge in [0.05, 0.1) is 12.1 Å². The van der Waals surface area contributed by atoms with E-state index in [1.165, 1.54) is 4.40 Å². The van der Waals surface area contributed by atoms with Crippen LogP contribution in [0.15, 0.2) is 29.2 Å². The van der Waals surface area contributed by atoms with Crippen LogP contribution < -0.4 is 5.69 Å². The maximum atomic E-state index is 12.3. The Morgan fingerprint density at radius 1 is 1.48 bits per heavy atom. The second-order valence-electron chi connectivity index (χ2n) is 5.83. The second-order valence-corrected chi connectivity index (χ2v) is 5.83. The molecule has 0 radical (unpaired) electrons. The van der Waals surface area contributed by atoms with Crippen LogP contribution in [0.2, 0.25) is 0 Å². The van der Waals surface area contributed by atoms with E-state index in [2.05, 4.69) is 5.10 Å². The molecule has 0 amide bonds. The second kappa shape index (κ2) is 5.09. The van der Waals surface area contributed by atoms with Crippen LogP contribution in [0.3, 0.4) is 0 Å². The Morgan fingerprint density at radius 3 is 3.00 bits per heavy atom. The van der Waals surface area contributed by atoms with Gasteiger partial charge >= 0.3 is 5.69 Å². The summed E-state index contributed by atoms with van der Waals surface area (Å²) >= 11 is 0. The van der Waals surface area contributed by atoms with Crippen molar-refractivity contribution in [2.45, 2.75) is 25.4 Å². The highest BCUT2D eigenvalue weighted by atomic mass is 16.3. The number of carbonyl (C=O) groups excluding carboxylic acids is 1. The summed E-state index contributed by atoms with van der Waals surface area (Å²) in [5.41, 5.74) is -0.788. The predicted octanol–water partition coefficient (Wildman–Crippen LogP) is -0.0170. The van der Waals surface area contributed by atoms with Gasteiger partial charge in [0.15, 0.2) is 5.65 Å². The van der Waals surface area contributed by atoms with Crippen LogP contribution in [-0.2, 0) is 0 Å². The number of hydrogen-bond acceptors (Lipinski definition) is 5. The van der Waals surface area contributed by atoms with Gasteiger partial charge in [0.25, 0.3) is 5.91 Å². The van der Waals surface area contributed by atoms with E-state index < -0.39 is 11.3 Å². The number of β-amino-alcohol motifs (C(OH)–C–C–N with tert-alkyl or cyclic N) is 1. The topological polar surface area (TPSA) is 79.8 Å². The van der Waals surface area contributed by atoms with E-state index in [0.717, 1.165) is 24.1 Å². The monoisotopic (exact) mass is 290 g/mol. The molecule has 1 atom stereocenters. The summed E-state index contributed by atoms with van der Waals surface area (Å²) in [6.07, 6.45) is 3.15. The lowest BCUT2D eigenvalue weighted by molar-refractivity contribution is -0.0142. The predicted molar refractivity (Wildman–Crippen MR) is 76.4 cm³/mol. The van der Waals surface area contributed by atoms with Crippen molar-refractivity contribution in [3.05, 3.63) is 34.9 Å². The normalized spacial score (nSPS) is 23.5. The van der Waals surface area contributed by atoms with Gasteiger partial charge in [-0.15, -0.1) is 9.78 Å². The average molecular weight is 290 g/mol. The summed E-state index contributed by atoms with van der Waals surface area (Å²) in [4.78, 5) is 26.3. The Bertz CT molecular complexity index is 731. The Labute approximate surface area is 121 Å². The first-order valence-corrected chi connectivity index (χ1v) is 7.01. The fourth-order valence-corrected chi connectivity index (χ4v) is 2.80. The number of fused-ring (bicyclic) bond motifs is 1. The molecule has 21 heavy (non-hydrogen) atoms. The molecule has 3 rings (SSSR count). The van der Waals surface area contributed by atoms with Crippen LogP contribution in [0, 0.1) is 0 Å². The van der Waals surface area contributed by atoms with E-state index in [1.54, 1.807) is 31.3 Å². The minimum atomic E-state index is -0.775. The van der Waals surface area contributed by atoms with E-state index in [-0.39, 0.29) is 12.5 Å². The highest BCUT2D eigenvalue weighted by Gasteiger charge is 2.30. The molecule has 0 aromatic carbocycles. The van der Waals surface area contributed by atoms with Crippen LogP contribution in [0.1, 0.15) is 24.6 Å². The lowest BCUT2D eigenvalue weighted by atomic mass is 9.95. The molecule has 7 nitrogen and oxygen atoms in total. The molecule has 1 aliphatic heterocycles.